The molecule has 0 amide bonds. The Morgan fingerprint density at radius 2 is 1.38 bits per heavy atom. The van der Waals surface area contributed by atoms with E-state index in [2.05, 4.69) is 13.8 Å². The van der Waals surface area contributed by atoms with Gasteiger partial charge in [-0.05, 0) is 81.0 Å². The van der Waals surface area contributed by atoms with Gasteiger partial charge in [0.1, 0.15) is 6.10 Å². The summed E-state index contributed by atoms with van der Waals surface area (Å²) < 4.78 is 5.93. The SMILES string of the molecule is CCCCCCCCCC(=O)O[C@H]1CCC2C(CCC3C[C@@H](CCC)CCC32)C1. The Hall–Kier alpha value is -0.530. The highest BCUT2D eigenvalue weighted by Crippen LogP contribution is 2.53. The maximum absolute atomic E-state index is 12.3. The molecule has 3 saturated carbocycles. The van der Waals surface area contributed by atoms with E-state index in [-0.39, 0.29) is 12.1 Å². The van der Waals surface area contributed by atoms with E-state index in [1.54, 1.807) is 0 Å². The molecule has 168 valence electrons. The van der Waals surface area contributed by atoms with Gasteiger partial charge in [0.2, 0.25) is 0 Å². The third kappa shape index (κ3) is 7.00. The van der Waals surface area contributed by atoms with Crippen molar-refractivity contribution in [2.45, 2.75) is 136 Å². The van der Waals surface area contributed by atoms with E-state index in [1.807, 2.05) is 0 Å². The van der Waals surface area contributed by atoms with Crippen molar-refractivity contribution in [3.63, 3.8) is 0 Å². The average molecular weight is 405 g/mol. The first kappa shape index (κ1) is 23.1. The van der Waals surface area contributed by atoms with Gasteiger partial charge in [0.15, 0.2) is 0 Å². The Bertz CT molecular complexity index is 473. The normalized spacial score (nSPS) is 34.3. The van der Waals surface area contributed by atoms with Gasteiger partial charge in [0.05, 0.1) is 0 Å². The number of carbonyl (C=O) groups excluding carboxylic acids is 1. The van der Waals surface area contributed by atoms with E-state index in [9.17, 15) is 4.79 Å². The van der Waals surface area contributed by atoms with E-state index < -0.39 is 0 Å². The van der Waals surface area contributed by atoms with Crippen LogP contribution in [0.3, 0.4) is 0 Å². The van der Waals surface area contributed by atoms with Gasteiger partial charge < -0.3 is 4.74 Å². The molecule has 2 nitrogen and oxygen atoms in total. The minimum absolute atomic E-state index is 0.0794. The summed E-state index contributed by atoms with van der Waals surface area (Å²) in [5.74, 6) is 4.88. The number of carbonyl (C=O) groups is 1. The van der Waals surface area contributed by atoms with Crippen LogP contribution in [0, 0.1) is 29.6 Å². The molecule has 0 bridgehead atoms. The highest BCUT2D eigenvalue weighted by atomic mass is 16.5. The predicted octanol–water partition coefficient (Wildman–Crippen LogP) is 8.08. The molecule has 3 fully saturated rings. The summed E-state index contributed by atoms with van der Waals surface area (Å²) in [5, 5.41) is 0. The molecule has 0 aromatic rings. The summed E-state index contributed by atoms with van der Waals surface area (Å²) in [6.45, 7) is 4.60. The lowest BCUT2D eigenvalue weighted by molar-refractivity contribution is -0.153. The minimum atomic E-state index is 0.0794. The van der Waals surface area contributed by atoms with Gasteiger partial charge in [-0.2, -0.15) is 0 Å². The van der Waals surface area contributed by atoms with E-state index in [1.165, 1.54) is 89.9 Å². The lowest BCUT2D eigenvalue weighted by Crippen LogP contribution is -2.43. The van der Waals surface area contributed by atoms with E-state index in [4.69, 9.17) is 4.74 Å². The second-order valence-electron chi connectivity index (χ2n) is 10.7. The monoisotopic (exact) mass is 404 g/mol. The maximum atomic E-state index is 12.3. The van der Waals surface area contributed by atoms with Gasteiger partial charge >= 0.3 is 5.97 Å². The molecule has 0 aliphatic heterocycles. The van der Waals surface area contributed by atoms with Crippen molar-refractivity contribution in [3.8, 4) is 0 Å². The summed E-state index contributed by atoms with van der Waals surface area (Å²) in [6, 6.07) is 0. The highest BCUT2D eigenvalue weighted by molar-refractivity contribution is 5.69. The zero-order chi connectivity index (χ0) is 20.5. The first-order valence-corrected chi connectivity index (χ1v) is 13.4. The minimum Gasteiger partial charge on any atom is -0.462 e. The molecular weight excluding hydrogens is 356 g/mol. The zero-order valence-electron chi connectivity index (χ0n) is 19.5. The van der Waals surface area contributed by atoms with Crippen LogP contribution in [0.4, 0.5) is 0 Å². The maximum Gasteiger partial charge on any atom is 0.306 e. The molecule has 6 atom stereocenters. The lowest BCUT2D eigenvalue weighted by atomic mass is 9.56. The van der Waals surface area contributed by atoms with Crippen LogP contribution < -0.4 is 0 Å². The van der Waals surface area contributed by atoms with Crippen molar-refractivity contribution in [3.05, 3.63) is 0 Å². The fourth-order valence-electron chi connectivity index (χ4n) is 7.10. The van der Waals surface area contributed by atoms with Gasteiger partial charge in [0, 0.05) is 6.42 Å². The predicted molar refractivity (Wildman–Crippen MR) is 122 cm³/mol. The van der Waals surface area contributed by atoms with Crippen molar-refractivity contribution in [1.82, 2.24) is 0 Å². The molecule has 0 aromatic heterocycles. The van der Waals surface area contributed by atoms with Crippen molar-refractivity contribution >= 4 is 5.97 Å². The van der Waals surface area contributed by atoms with Crippen LogP contribution in [-0.4, -0.2) is 12.1 Å². The molecule has 0 N–H and O–H groups in total. The van der Waals surface area contributed by atoms with Crippen LogP contribution in [0.5, 0.6) is 0 Å². The summed E-state index contributed by atoms with van der Waals surface area (Å²) in [5.41, 5.74) is 0. The van der Waals surface area contributed by atoms with Crippen molar-refractivity contribution in [2.24, 2.45) is 29.6 Å². The van der Waals surface area contributed by atoms with E-state index in [0.29, 0.717) is 6.42 Å². The third-order valence-electron chi connectivity index (χ3n) is 8.58. The molecule has 0 radical (unpaired) electrons. The number of unbranched alkanes of at least 4 members (excludes halogenated alkanes) is 6. The number of fused-ring (bicyclic) bond motifs is 3. The number of rotatable bonds is 11. The lowest BCUT2D eigenvalue weighted by Gasteiger charge is -2.50. The van der Waals surface area contributed by atoms with Crippen LogP contribution in [0.2, 0.25) is 0 Å². The van der Waals surface area contributed by atoms with Gasteiger partial charge in [-0.1, -0.05) is 71.6 Å². The molecule has 2 heteroatoms. The Morgan fingerprint density at radius 1 is 0.724 bits per heavy atom. The zero-order valence-corrected chi connectivity index (χ0v) is 19.5. The quantitative estimate of drug-likeness (QED) is 0.257. The molecule has 0 heterocycles. The molecule has 3 aliphatic rings. The average Bonchev–Trinajstić information content (AvgIpc) is 2.73. The van der Waals surface area contributed by atoms with Crippen molar-refractivity contribution in [2.75, 3.05) is 0 Å². The Balaban J connectivity index is 1.33. The molecule has 0 aromatic carbocycles. The molecule has 0 saturated heterocycles. The molecular formula is C27H48O2. The number of esters is 1. The summed E-state index contributed by atoms with van der Waals surface area (Å²) in [4.78, 5) is 12.3. The van der Waals surface area contributed by atoms with E-state index in [0.717, 1.165) is 48.9 Å². The molecule has 3 aliphatic carbocycles. The van der Waals surface area contributed by atoms with Gasteiger partial charge in [0.25, 0.3) is 0 Å². The van der Waals surface area contributed by atoms with E-state index >= 15 is 0 Å². The van der Waals surface area contributed by atoms with Crippen LogP contribution >= 0.6 is 0 Å². The van der Waals surface area contributed by atoms with Crippen molar-refractivity contribution in [1.29, 1.82) is 0 Å². The standard InChI is InChI=1S/C27H48O2/c1-3-5-6-7-8-9-10-12-27(28)29-24-16-18-26-23(20-24)15-14-22-19-21(11-4-2)13-17-25(22)26/h21-26H,3-20H2,1-2H3/t21-,22?,23?,24-,25?,26?/m0/s1. The summed E-state index contributed by atoms with van der Waals surface area (Å²) in [6.07, 6.45) is 23.4. The smallest absolute Gasteiger partial charge is 0.306 e. The van der Waals surface area contributed by atoms with Crippen LogP contribution in [0.25, 0.3) is 0 Å². The fourth-order valence-corrected chi connectivity index (χ4v) is 7.10. The first-order chi connectivity index (χ1) is 14.2. The number of hydrogen-bond donors (Lipinski definition) is 0. The van der Waals surface area contributed by atoms with Gasteiger partial charge in [-0.25, -0.2) is 0 Å². The Labute approximate surface area is 180 Å². The van der Waals surface area contributed by atoms with Crippen LogP contribution in [0.15, 0.2) is 0 Å². The van der Waals surface area contributed by atoms with Crippen LogP contribution in [0.1, 0.15) is 129 Å². The van der Waals surface area contributed by atoms with Gasteiger partial charge in [-0.15, -0.1) is 0 Å². The highest BCUT2D eigenvalue weighted by Gasteiger charge is 2.44. The molecule has 4 unspecified atom stereocenters. The molecule has 3 rings (SSSR count). The largest absolute Gasteiger partial charge is 0.462 e. The Kier molecular flexibility index (Phi) is 9.86. The second-order valence-corrected chi connectivity index (χ2v) is 10.7. The molecule has 29 heavy (non-hydrogen) atoms. The topological polar surface area (TPSA) is 26.3 Å². The second kappa shape index (κ2) is 12.4. The first-order valence-electron chi connectivity index (χ1n) is 13.4. The number of ether oxygens (including phenoxy) is 1. The summed E-state index contributed by atoms with van der Waals surface area (Å²) >= 11 is 0. The van der Waals surface area contributed by atoms with Gasteiger partial charge in [-0.3, -0.25) is 4.79 Å². The summed E-state index contributed by atoms with van der Waals surface area (Å²) in [7, 11) is 0. The van der Waals surface area contributed by atoms with Crippen molar-refractivity contribution < 1.29 is 9.53 Å². The Morgan fingerprint density at radius 3 is 2.10 bits per heavy atom. The van der Waals surface area contributed by atoms with Crippen LogP contribution in [-0.2, 0) is 9.53 Å². The fraction of sp³-hybridized carbons (Fsp3) is 0.963. The molecule has 0 spiro atoms. The number of hydrogen-bond acceptors (Lipinski definition) is 2. The third-order valence-corrected chi connectivity index (χ3v) is 8.58.